The molecule has 0 bridgehead atoms. The highest BCUT2D eigenvalue weighted by molar-refractivity contribution is 7.47. The summed E-state index contributed by atoms with van der Waals surface area (Å²) in [6.45, 7) is 4.20. The third kappa shape index (κ3) is 41.0. The summed E-state index contributed by atoms with van der Waals surface area (Å²) in [6, 6.07) is -0.775. The quantitative estimate of drug-likeness (QED) is 0.0274. The number of nitrogens with two attached hydrogens (primary N) is 1. The lowest BCUT2D eigenvalue weighted by Crippen LogP contribution is -2.46. The van der Waals surface area contributed by atoms with Crippen LogP contribution >= 0.6 is 7.82 Å². The van der Waals surface area contributed by atoms with Crippen LogP contribution in [0.5, 0.6) is 0 Å². The summed E-state index contributed by atoms with van der Waals surface area (Å²) in [6.07, 6.45) is 49.0. The van der Waals surface area contributed by atoms with Gasteiger partial charge in [-0.15, -0.1) is 0 Å². The van der Waals surface area contributed by atoms with Gasteiger partial charge in [0.15, 0.2) is 0 Å². The number of hydrogen-bond donors (Lipinski definition) is 4. The SMILES string of the molecule is CCCCC/C=C\C/C=C\CCCCCCCCCCCC(=O)NC(COP(=O)(O)OCCN)C(O)CCCCCCCCCCCCCCCCCCC. The van der Waals surface area contributed by atoms with Gasteiger partial charge < -0.3 is 21.1 Å². The van der Waals surface area contributed by atoms with Gasteiger partial charge in [-0.1, -0.05) is 205 Å². The Morgan fingerprint density at radius 3 is 1.47 bits per heavy atom. The van der Waals surface area contributed by atoms with Gasteiger partial charge in [-0.05, 0) is 44.9 Å². The lowest BCUT2D eigenvalue weighted by molar-refractivity contribution is -0.123. The van der Waals surface area contributed by atoms with Crippen molar-refractivity contribution in [2.45, 2.75) is 244 Å². The first-order chi connectivity index (χ1) is 26.9. The van der Waals surface area contributed by atoms with E-state index in [1.165, 1.54) is 161 Å². The van der Waals surface area contributed by atoms with Crippen LogP contribution in [0.15, 0.2) is 24.3 Å². The van der Waals surface area contributed by atoms with Crippen molar-refractivity contribution in [1.82, 2.24) is 5.32 Å². The maximum absolute atomic E-state index is 12.8. The van der Waals surface area contributed by atoms with Crippen LogP contribution in [-0.2, 0) is 18.4 Å². The molecule has 3 atom stereocenters. The van der Waals surface area contributed by atoms with E-state index in [9.17, 15) is 19.4 Å². The van der Waals surface area contributed by atoms with Crippen molar-refractivity contribution in [2.75, 3.05) is 19.8 Å². The molecule has 326 valence electrons. The molecule has 5 N–H and O–H groups in total. The van der Waals surface area contributed by atoms with Crippen molar-refractivity contribution in [1.29, 1.82) is 0 Å². The van der Waals surface area contributed by atoms with E-state index in [4.69, 9.17) is 14.8 Å². The van der Waals surface area contributed by atoms with Gasteiger partial charge in [0.2, 0.25) is 5.91 Å². The fourth-order valence-electron chi connectivity index (χ4n) is 6.99. The monoisotopic (exact) mass is 799 g/mol. The molecule has 0 spiro atoms. The zero-order valence-electron chi connectivity index (χ0n) is 36.2. The predicted molar refractivity (Wildman–Crippen MR) is 235 cm³/mol. The molecule has 9 heteroatoms. The summed E-state index contributed by atoms with van der Waals surface area (Å²) in [5.74, 6) is -0.164. The first-order valence-electron chi connectivity index (χ1n) is 23.5. The second kappa shape index (κ2) is 42.6. The van der Waals surface area contributed by atoms with Crippen molar-refractivity contribution >= 4 is 13.7 Å². The molecule has 0 rings (SSSR count). The molecule has 55 heavy (non-hydrogen) atoms. The maximum atomic E-state index is 12.8. The Kier molecular flexibility index (Phi) is 41.8. The molecule has 1 amide bonds. The van der Waals surface area contributed by atoms with Crippen LogP contribution < -0.4 is 11.1 Å². The number of hydrogen-bond acceptors (Lipinski definition) is 6. The topological polar surface area (TPSA) is 131 Å². The molecule has 0 heterocycles. The average molecular weight is 799 g/mol. The summed E-state index contributed by atoms with van der Waals surface area (Å²) in [4.78, 5) is 22.8. The number of carbonyl (C=O) groups excluding carboxylic acids is 1. The van der Waals surface area contributed by atoms with Crippen LogP contribution in [0.25, 0.3) is 0 Å². The molecule has 0 aromatic heterocycles. The Morgan fingerprint density at radius 1 is 0.600 bits per heavy atom. The molecule has 0 fully saturated rings. The first-order valence-corrected chi connectivity index (χ1v) is 24.9. The number of phosphoric ester groups is 1. The van der Waals surface area contributed by atoms with Crippen molar-refractivity contribution in [3.05, 3.63) is 24.3 Å². The molecule has 0 saturated heterocycles. The lowest BCUT2D eigenvalue weighted by atomic mass is 10.0. The predicted octanol–water partition coefficient (Wildman–Crippen LogP) is 13.3. The van der Waals surface area contributed by atoms with E-state index >= 15 is 0 Å². The third-order valence-corrected chi connectivity index (χ3v) is 11.5. The minimum absolute atomic E-state index is 0.0889. The number of nitrogens with one attached hydrogen (secondary N) is 1. The Morgan fingerprint density at radius 2 is 1.00 bits per heavy atom. The summed E-state index contributed by atoms with van der Waals surface area (Å²) in [7, 11) is -4.32. The standard InChI is InChI=1S/C46H91N2O6P/c1-3-5-7-9-11-13-15-17-19-21-22-24-26-28-30-32-34-36-38-40-46(50)48-44(43-54-55(51,52)53-42-41-47)45(49)39-37-35-33-31-29-27-25-23-20-18-16-14-12-10-8-6-4-2/h11,13,17,19,44-45,49H,3-10,12,14-16,18,20-43,47H2,1-2H3,(H,48,50)(H,51,52)/b13-11-,19-17-. The molecule has 0 radical (unpaired) electrons. The van der Waals surface area contributed by atoms with Gasteiger partial charge in [0, 0.05) is 13.0 Å². The Labute approximate surface area is 340 Å². The molecule has 8 nitrogen and oxygen atoms in total. The third-order valence-electron chi connectivity index (χ3n) is 10.6. The zero-order valence-corrected chi connectivity index (χ0v) is 37.1. The number of allylic oxidation sites excluding steroid dienone is 4. The van der Waals surface area contributed by atoms with Crippen LogP contribution in [0.1, 0.15) is 232 Å². The number of phosphoric acid groups is 1. The van der Waals surface area contributed by atoms with E-state index in [-0.39, 0.29) is 25.7 Å². The summed E-state index contributed by atoms with van der Waals surface area (Å²) in [5.41, 5.74) is 5.39. The van der Waals surface area contributed by atoms with Crippen LogP contribution in [0.2, 0.25) is 0 Å². The summed E-state index contributed by atoms with van der Waals surface area (Å²) < 4.78 is 22.2. The summed E-state index contributed by atoms with van der Waals surface area (Å²) in [5, 5.41) is 13.8. The van der Waals surface area contributed by atoms with E-state index < -0.39 is 20.0 Å². The van der Waals surface area contributed by atoms with E-state index in [1.807, 2.05) is 0 Å². The summed E-state index contributed by atoms with van der Waals surface area (Å²) >= 11 is 0. The molecule has 0 aromatic carbocycles. The highest BCUT2D eigenvalue weighted by Crippen LogP contribution is 2.43. The van der Waals surface area contributed by atoms with Gasteiger partial charge in [-0.2, -0.15) is 0 Å². The number of aliphatic hydroxyl groups excluding tert-OH is 1. The van der Waals surface area contributed by atoms with E-state index in [2.05, 4.69) is 43.5 Å². The van der Waals surface area contributed by atoms with Gasteiger partial charge >= 0.3 is 7.82 Å². The molecule has 0 aliphatic rings. The van der Waals surface area contributed by atoms with Gasteiger partial charge in [0.25, 0.3) is 0 Å². The van der Waals surface area contributed by atoms with Crippen molar-refractivity contribution in [3.8, 4) is 0 Å². The minimum Gasteiger partial charge on any atom is -0.391 e. The number of carbonyl (C=O) groups is 1. The molecule has 0 aromatic rings. The zero-order chi connectivity index (χ0) is 40.3. The van der Waals surface area contributed by atoms with Gasteiger partial charge in [0.1, 0.15) is 0 Å². The Balaban J connectivity index is 4.11. The number of aliphatic hydroxyl groups is 1. The lowest BCUT2D eigenvalue weighted by Gasteiger charge is -2.25. The number of unbranched alkanes of at least 4 members (excludes halogenated alkanes) is 28. The molecule has 0 aliphatic carbocycles. The largest absolute Gasteiger partial charge is 0.472 e. The van der Waals surface area contributed by atoms with Crippen LogP contribution in [0, 0.1) is 0 Å². The van der Waals surface area contributed by atoms with Gasteiger partial charge in [-0.25, -0.2) is 4.57 Å². The van der Waals surface area contributed by atoms with Gasteiger partial charge in [0.05, 0.1) is 25.4 Å². The second-order valence-corrected chi connectivity index (χ2v) is 17.4. The van der Waals surface area contributed by atoms with Crippen molar-refractivity contribution in [3.63, 3.8) is 0 Å². The van der Waals surface area contributed by atoms with E-state index in [0.717, 1.165) is 44.9 Å². The van der Waals surface area contributed by atoms with Crippen LogP contribution in [0.4, 0.5) is 0 Å². The fraction of sp³-hybridized carbons (Fsp3) is 0.891. The van der Waals surface area contributed by atoms with Crippen LogP contribution in [-0.4, -0.2) is 47.8 Å². The normalized spacial score (nSPS) is 14.2. The molecule has 0 saturated carbocycles. The smallest absolute Gasteiger partial charge is 0.391 e. The Hall–Kier alpha value is -1.02. The van der Waals surface area contributed by atoms with E-state index in [1.54, 1.807) is 0 Å². The highest BCUT2D eigenvalue weighted by Gasteiger charge is 2.27. The van der Waals surface area contributed by atoms with Crippen molar-refractivity contribution < 1.29 is 28.4 Å². The van der Waals surface area contributed by atoms with Gasteiger partial charge in [-0.3, -0.25) is 13.8 Å². The maximum Gasteiger partial charge on any atom is 0.472 e. The molecule has 3 unspecified atom stereocenters. The molecular formula is C46H91N2O6P. The van der Waals surface area contributed by atoms with Crippen molar-refractivity contribution in [2.24, 2.45) is 5.73 Å². The second-order valence-electron chi connectivity index (χ2n) is 16.0. The molecule has 0 aliphatic heterocycles. The minimum atomic E-state index is -4.32. The highest BCUT2D eigenvalue weighted by atomic mass is 31.2. The first kappa shape index (κ1) is 54.0. The fourth-order valence-corrected chi connectivity index (χ4v) is 7.75. The Bertz CT molecular complexity index is 917. The number of amides is 1. The van der Waals surface area contributed by atoms with Crippen LogP contribution in [0.3, 0.4) is 0 Å². The van der Waals surface area contributed by atoms with E-state index in [0.29, 0.717) is 12.8 Å². The number of rotatable bonds is 44. The molecular weight excluding hydrogens is 707 g/mol. The average Bonchev–Trinajstić information content (AvgIpc) is 3.17.